The summed E-state index contributed by atoms with van der Waals surface area (Å²) in [7, 11) is 3.57. The highest BCUT2D eigenvalue weighted by atomic mass is 16.5. The van der Waals surface area contributed by atoms with Gasteiger partial charge >= 0.3 is 5.97 Å². The molecule has 0 aliphatic rings. The van der Waals surface area contributed by atoms with Crippen LogP contribution in [-0.4, -0.2) is 50.6 Å². The molecular weight excluding hydrogens is 208 g/mol. The van der Waals surface area contributed by atoms with E-state index >= 15 is 0 Å². The summed E-state index contributed by atoms with van der Waals surface area (Å²) in [5.41, 5.74) is 0. The first-order chi connectivity index (χ1) is 7.60. The van der Waals surface area contributed by atoms with Gasteiger partial charge in [0, 0.05) is 20.0 Å². The summed E-state index contributed by atoms with van der Waals surface area (Å²) in [6, 6.07) is 0. The van der Waals surface area contributed by atoms with Gasteiger partial charge in [0.15, 0.2) is 0 Å². The Morgan fingerprint density at radius 3 is 2.50 bits per heavy atom. The number of nitrogens with one attached hydrogen (secondary N) is 1. The molecule has 0 aromatic heterocycles. The lowest BCUT2D eigenvalue weighted by atomic mass is 10.2. The summed E-state index contributed by atoms with van der Waals surface area (Å²) in [5.74, 6) is -0.112. The Morgan fingerprint density at radius 1 is 1.25 bits per heavy atom. The molecule has 0 radical (unpaired) electrons. The van der Waals surface area contributed by atoms with Crippen LogP contribution < -0.4 is 5.32 Å². The molecule has 0 aromatic carbocycles. The molecule has 1 N–H and O–H groups in total. The summed E-state index contributed by atoms with van der Waals surface area (Å²) in [4.78, 5) is 24.0. The summed E-state index contributed by atoms with van der Waals surface area (Å²) >= 11 is 0. The van der Waals surface area contributed by atoms with Gasteiger partial charge < -0.3 is 15.0 Å². The summed E-state index contributed by atoms with van der Waals surface area (Å²) in [6.45, 7) is 3.71. The lowest BCUT2D eigenvalue weighted by Crippen LogP contribution is -2.25. The number of carbonyl (C=O) groups is 2. The van der Waals surface area contributed by atoms with Crippen LogP contribution in [0.3, 0.4) is 0 Å². The molecule has 16 heavy (non-hydrogen) atoms. The number of ether oxygens (including phenoxy) is 1. The molecule has 0 unspecified atom stereocenters. The number of hydrogen-bond donors (Lipinski definition) is 1. The van der Waals surface area contributed by atoms with Crippen molar-refractivity contribution in [1.82, 2.24) is 10.2 Å². The summed E-state index contributed by atoms with van der Waals surface area (Å²) in [6.07, 6.45) is 1.74. The molecular formula is C11H22N2O3. The second kappa shape index (κ2) is 9.15. The molecule has 0 aromatic rings. The highest BCUT2D eigenvalue weighted by molar-refractivity contribution is 5.75. The van der Waals surface area contributed by atoms with Gasteiger partial charge in [-0.25, -0.2) is 0 Å². The van der Waals surface area contributed by atoms with Crippen LogP contribution in [0, 0.1) is 0 Å². The van der Waals surface area contributed by atoms with Crippen LogP contribution in [0.5, 0.6) is 0 Å². The SMILES string of the molecule is CCOC(=O)CCN(C)CCCC(=O)NC. The predicted octanol–water partition coefficient (Wildman–Crippen LogP) is 0.398. The van der Waals surface area contributed by atoms with Crippen LogP contribution in [0.4, 0.5) is 0 Å². The predicted molar refractivity (Wildman–Crippen MR) is 62.0 cm³/mol. The average molecular weight is 230 g/mol. The maximum Gasteiger partial charge on any atom is 0.307 e. The molecule has 0 rings (SSSR count). The topological polar surface area (TPSA) is 58.6 Å². The minimum atomic E-state index is -0.166. The van der Waals surface area contributed by atoms with Gasteiger partial charge in [-0.15, -0.1) is 0 Å². The maximum atomic E-state index is 11.1. The molecule has 0 aliphatic heterocycles. The number of esters is 1. The third kappa shape index (κ3) is 8.23. The minimum absolute atomic E-state index is 0.0544. The largest absolute Gasteiger partial charge is 0.466 e. The van der Waals surface area contributed by atoms with Gasteiger partial charge in [-0.05, 0) is 26.9 Å². The molecule has 1 amide bonds. The van der Waals surface area contributed by atoms with E-state index in [0.29, 0.717) is 26.0 Å². The van der Waals surface area contributed by atoms with E-state index in [1.807, 2.05) is 11.9 Å². The zero-order chi connectivity index (χ0) is 12.4. The van der Waals surface area contributed by atoms with Gasteiger partial charge in [-0.1, -0.05) is 0 Å². The van der Waals surface area contributed by atoms with Crippen molar-refractivity contribution in [1.29, 1.82) is 0 Å². The second-order valence-corrected chi connectivity index (χ2v) is 3.64. The Bertz CT molecular complexity index is 219. The zero-order valence-corrected chi connectivity index (χ0v) is 10.4. The lowest BCUT2D eigenvalue weighted by Gasteiger charge is -2.15. The third-order valence-corrected chi connectivity index (χ3v) is 2.23. The molecule has 0 saturated heterocycles. The van der Waals surface area contributed by atoms with Gasteiger partial charge in [-0.3, -0.25) is 9.59 Å². The van der Waals surface area contributed by atoms with Crippen LogP contribution in [0.25, 0.3) is 0 Å². The Labute approximate surface area is 97.1 Å². The van der Waals surface area contributed by atoms with Gasteiger partial charge in [-0.2, -0.15) is 0 Å². The van der Waals surface area contributed by atoms with Crippen molar-refractivity contribution in [3.05, 3.63) is 0 Å². The summed E-state index contributed by atoms with van der Waals surface area (Å²) in [5, 5.41) is 2.57. The second-order valence-electron chi connectivity index (χ2n) is 3.64. The molecule has 0 fully saturated rings. The fourth-order valence-electron chi connectivity index (χ4n) is 1.26. The van der Waals surface area contributed by atoms with E-state index < -0.39 is 0 Å². The molecule has 0 aliphatic carbocycles. The summed E-state index contributed by atoms with van der Waals surface area (Å²) < 4.78 is 4.82. The van der Waals surface area contributed by atoms with E-state index in [-0.39, 0.29) is 11.9 Å². The van der Waals surface area contributed by atoms with Crippen LogP contribution in [0.2, 0.25) is 0 Å². The van der Waals surface area contributed by atoms with E-state index in [4.69, 9.17) is 4.74 Å². The number of rotatable bonds is 8. The van der Waals surface area contributed by atoms with Gasteiger partial charge in [0.05, 0.1) is 13.0 Å². The van der Waals surface area contributed by atoms with Crippen molar-refractivity contribution >= 4 is 11.9 Å². The van der Waals surface area contributed by atoms with Crippen LogP contribution in [0.15, 0.2) is 0 Å². The molecule has 94 valence electrons. The van der Waals surface area contributed by atoms with Crippen molar-refractivity contribution in [2.24, 2.45) is 0 Å². The molecule has 0 bridgehead atoms. The fraction of sp³-hybridized carbons (Fsp3) is 0.818. The standard InChI is InChI=1S/C11H22N2O3/c1-4-16-11(15)7-9-13(3)8-5-6-10(14)12-2/h4-9H2,1-3H3,(H,12,14). The lowest BCUT2D eigenvalue weighted by molar-refractivity contribution is -0.143. The molecule has 0 heterocycles. The van der Waals surface area contributed by atoms with Crippen molar-refractivity contribution in [3.63, 3.8) is 0 Å². The number of hydrogen-bond acceptors (Lipinski definition) is 4. The first-order valence-electron chi connectivity index (χ1n) is 5.64. The quantitative estimate of drug-likeness (QED) is 0.613. The van der Waals surface area contributed by atoms with E-state index in [0.717, 1.165) is 13.0 Å². The van der Waals surface area contributed by atoms with E-state index in [9.17, 15) is 9.59 Å². The van der Waals surface area contributed by atoms with Crippen molar-refractivity contribution in [3.8, 4) is 0 Å². The maximum absolute atomic E-state index is 11.1. The molecule has 0 saturated carbocycles. The Hall–Kier alpha value is -1.10. The first-order valence-corrected chi connectivity index (χ1v) is 5.64. The van der Waals surface area contributed by atoms with Crippen molar-refractivity contribution in [2.45, 2.75) is 26.2 Å². The van der Waals surface area contributed by atoms with E-state index in [2.05, 4.69) is 5.32 Å². The van der Waals surface area contributed by atoms with Crippen LogP contribution in [0.1, 0.15) is 26.2 Å². The molecule has 0 spiro atoms. The highest BCUT2D eigenvalue weighted by Gasteiger charge is 2.05. The molecule has 0 atom stereocenters. The number of carbonyl (C=O) groups excluding carboxylic acids is 2. The van der Waals surface area contributed by atoms with Gasteiger partial charge in [0.1, 0.15) is 0 Å². The average Bonchev–Trinajstić information content (AvgIpc) is 2.26. The van der Waals surface area contributed by atoms with Crippen LogP contribution >= 0.6 is 0 Å². The Kier molecular flexibility index (Phi) is 8.52. The number of amides is 1. The Balaban J connectivity index is 3.47. The van der Waals surface area contributed by atoms with Gasteiger partial charge in [0.25, 0.3) is 0 Å². The highest BCUT2D eigenvalue weighted by Crippen LogP contribution is 1.95. The smallest absolute Gasteiger partial charge is 0.307 e. The van der Waals surface area contributed by atoms with Crippen molar-refractivity contribution in [2.75, 3.05) is 33.8 Å². The van der Waals surface area contributed by atoms with Crippen LogP contribution in [-0.2, 0) is 14.3 Å². The zero-order valence-electron chi connectivity index (χ0n) is 10.4. The normalized spacial score (nSPS) is 10.2. The van der Waals surface area contributed by atoms with E-state index in [1.165, 1.54) is 0 Å². The molecule has 5 heteroatoms. The van der Waals surface area contributed by atoms with Gasteiger partial charge in [0.2, 0.25) is 5.91 Å². The van der Waals surface area contributed by atoms with Crippen molar-refractivity contribution < 1.29 is 14.3 Å². The fourth-order valence-corrected chi connectivity index (χ4v) is 1.26. The number of nitrogens with zero attached hydrogens (tertiary/aromatic N) is 1. The monoisotopic (exact) mass is 230 g/mol. The molecule has 5 nitrogen and oxygen atoms in total. The first kappa shape index (κ1) is 14.9. The minimum Gasteiger partial charge on any atom is -0.466 e. The Morgan fingerprint density at radius 2 is 1.94 bits per heavy atom. The van der Waals surface area contributed by atoms with E-state index in [1.54, 1.807) is 14.0 Å². The third-order valence-electron chi connectivity index (χ3n) is 2.23.